The van der Waals surface area contributed by atoms with Crippen LogP contribution in [0.15, 0.2) is 53.7 Å². The van der Waals surface area contributed by atoms with Gasteiger partial charge in [0.15, 0.2) is 11.0 Å². The summed E-state index contributed by atoms with van der Waals surface area (Å²) in [5.41, 5.74) is 1.96. The molecule has 3 aromatic rings. The van der Waals surface area contributed by atoms with E-state index >= 15 is 0 Å². The summed E-state index contributed by atoms with van der Waals surface area (Å²) in [4.78, 5) is 10.7. The molecule has 29 heavy (non-hydrogen) atoms. The Balaban J connectivity index is 1.89. The first kappa shape index (κ1) is 20.9. The molecule has 0 aliphatic heterocycles. The van der Waals surface area contributed by atoms with Crippen LogP contribution in [-0.2, 0) is 6.54 Å². The van der Waals surface area contributed by atoms with Gasteiger partial charge in [0.1, 0.15) is 5.75 Å². The zero-order valence-electron chi connectivity index (χ0n) is 16.7. The predicted octanol–water partition coefficient (Wildman–Crippen LogP) is 5.52. The van der Waals surface area contributed by atoms with E-state index in [4.69, 9.17) is 4.74 Å². The van der Waals surface area contributed by atoms with Gasteiger partial charge in [-0.3, -0.25) is 10.1 Å². The number of aromatic nitrogens is 3. The summed E-state index contributed by atoms with van der Waals surface area (Å²) in [5.74, 6) is 1.61. The van der Waals surface area contributed by atoms with Gasteiger partial charge in [-0.15, -0.1) is 10.2 Å². The summed E-state index contributed by atoms with van der Waals surface area (Å²) in [6.45, 7) is 4.99. The second-order valence-electron chi connectivity index (χ2n) is 6.65. The molecule has 8 heteroatoms. The maximum Gasteiger partial charge on any atom is 0.269 e. The molecule has 1 unspecified atom stereocenters. The van der Waals surface area contributed by atoms with Crippen LogP contribution in [-0.4, -0.2) is 26.8 Å². The second-order valence-corrected chi connectivity index (χ2v) is 7.96. The summed E-state index contributed by atoms with van der Waals surface area (Å²) in [6.07, 6.45) is 2.07. The number of nitro groups is 1. The Morgan fingerprint density at radius 2 is 1.97 bits per heavy atom. The van der Waals surface area contributed by atoms with E-state index in [1.54, 1.807) is 31.0 Å². The van der Waals surface area contributed by atoms with Crippen LogP contribution in [0.1, 0.15) is 37.5 Å². The molecule has 0 spiro atoms. The fourth-order valence-electron chi connectivity index (χ4n) is 2.96. The van der Waals surface area contributed by atoms with Gasteiger partial charge in [0.05, 0.1) is 12.0 Å². The number of benzene rings is 2. The standard InChI is InChI=1S/C21H24N4O3S/c1-4-5-13-24-20(16-9-11-19(28-3)12-10-16)22-23-21(24)29-15(2)17-7-6-8-18(14-17)25(26)27/h6-12,14-15H,4-5,13H2,1-3H3. The first-order valence-corrected chi connectivity index (χ1v) is 10.4. The maximum atomic E-state index is 11.1. The van der Waals surface area contributed by atoms with Crippen LogP contribution < -0.4 is 4.74 Å². The Morgan fingerprint density at radius 1 is 1.21 bits per heavy atom. The Hall–Kier alpha value is -2.87. The lowest BCUT2D eigenvalue weighted by Gasteiger charge is -2.14. The molecule has 0 bridgehead atoms. The fraction of sp³-hybridized carbons (Fsp3) is 0.333. The maximum absolute atomic E-state index is 11.1. The number of non-ortho nitro benzene ring substituents is 1. The van der Waals surface area contributed by atoms with E-state index in [2.05, 4.69) is 21.7 Å². The van der Waals surface area contributed by atoms with Crippen molar-refractivity contribution in [2.75, 3.05) is 7.11 Å². The highest BCUT2D eigenvalue weighted by Gasteiger charge is 2.19. The SMILES string of the molecule is CCCCn1c(SC(C)c2cccc([N+](=O)[O-])c2)nnc1-c1ccc(OC)cc1. The quantitative estimate of drug-likeness (QED) is 0.262. The average molecular weight is 413 g/mol. The van der Waals surface area contributed by atoms with Crippen molar-refractivity contribution in [3.8, 4) is 17.1 Å². The van der Waals surface area contributed by atoms with Crippen molar-refractivity contribution in [2.45, 2.75) is 43.6 Å². The van der Waals surface area contributed by atoms with Crippen LogP contribution in [0.4, 0.5) is 5.69 Å². The molecule has 0 amide bonds. The summed E-state index contributed by atoms with van der Waals surface area (Å²) in [6, 6.07) is 14.5. The number of ether oxygens (including phenoxy) is 1. The smallest absolute Gasteiger partial charge is 0.269 e. The third kappa shape index (κ3) is 4.95. The molecule has 0 fully saturated rings. The number of methoxy groups -OCH3 is 1. The highest BCUT2D eigenvalue weighted by atomic mass is 32.2. The Morgan fingerprint density at radius 3 is 2.62 bits per heavy atom. The van der Waals surface area contributed by atoms with Gasteiger partial charge in [0.2, 0.25) is 0 Å². The monoisotopic (exact) mass is 412 g/mol. The number of nitro benzene ring substituents is 1. The first-order chi connectivity index (χ1) is 14.0. The van der Waals surface area contributed by atoms with Crippen LogP contribution in [0.2, 0.25) is 0 Å². The molecule has 1 aromatic heterocycles. The van der Waals surface area contributed by atoms with E-state index in [1.807, 2.05) is 37.3 Å². The zero-order chi connectivity index (χ0) is 20.8. The lowest BCUT2D eigenvalue weighted by molar-refractivity contribution is -0.384. The number of unbranched alkanes of at least 4 members (excludes halogenated alkanes) is 1. The molecule has 0 aliphatic rings. The van der Waals surface area contributed by atoms with Gasteiger partial charge in [-0.05, 0) is 43.2 Å². The van der Waals surface area contributed by atoms with Crippen LogP contribution in [0.5, 0.6) is 5.75 Å². The summed E-state index contributed by atoms with van der Waals surface area (Å²) >= 11 is 1.56. The second kappa shape index (κ2) is 9.56. The minimum absolute atomic E-state index is 0.00296. The third-order valence-electron chi connectivity index (χ3n) is 4.63. The van der Waals surface area contributed by atoms with E-state index in [9.17, 15) is 10.1 Å². The number of rotatable bonds is 9. The van der Waals surface area contributed by atoms with Gasteiger partial charge in [-0.2, -0.15) is 0 Å². The highest BCUT2D eigenvalue weighted by molar-refractivity contribution is 7.99. The van der Waals surface area contributed by atoms with Crippen molar-refractivity contribution in [3.05, 3.63) is 64.2 Å². The molecule has 0 N–H and O–H groups in total. The summed E-state index contributed by atoms with van der Waals surface area (Å²) < 4.78 is 7.37. The molecule has 1 heterocycles. The van der Waals surface area contributed by atoms with E-state index in [0.29, 0.717) is 0 Å². The largest absolute Gasteiger partial charge is 0.497 e. The van der Waals surface area contributed by atoms with E-state index in [1.165, 1.54) is 6.07 Å². The fourth-order valence-corrected chi connectivity index (χ4v) is 3.96. The van der Waals surface area contributed by atoms with Crippen LogP contribution >= 0.6 is 11.8 Å². The van der Waals surface area contributed by atoms with Crippen molar-refractivity contribution >= 4 is 17.4 Å². The average Bonchev–Trinajstić information content (AvgIpc) is 3.14. The van der Waals surface area contributed by atoms with Crippen LogP contribution in [0.25, 0.3) is 11.4 Å². The van der Waals surface area contributed by atoms with E-state index < -0.39 is 0 Å². The molecule has 1 atom stereocenters. The molecule has 2 aromatic carbocycles. The minimum atomic E-state index is -0.369. The number of hydrogen-bond donors (Lipinski definition) is 0. The molecular weight excluding hydrogens is 388 g/mol. The summed E-state index contributed by atoms with van der Waals surface area (Å²) in [5, 5.41) is 20.7. The normalized spacial score (nSPS) is 12.0. The lowest BCUT2D eigenvalue weighted by Crippen LogP contribution is -2.03. The Bertz CT molecular complexity index is 972. The topological polar surface area (TPSA) is 83.1 Å². The minimum Gasteiger partial charge on any atom is -0.497 e. The highest BCUT2D eigenvalue weighted by Crippen LogP contribution is 2.36. The molecule has 0 aliphatic carbocycles. The van der Waals surface area contributed by atoms with Crippen LogP contribution in [0.3, 0.4) is 0 Å². The molecule has 0 saturated carbocycles. The molecular formula is C21H24N4O3S. The Kier molecular flexibility index (Phi) is 6.87. The van der Waals surface area contributed by atoms with E-state index in [-0.39, 0.29) is 15.9 Å². The van der Waals surface area contributed by atoms with Gasteiger partial charge < -0.3 is 9.30 Å². The molecule has 152 valence electrons. The molecule has 3 rings (SSSR count). The number of nitrogens with zero attached hydrogens (tertiary/aromatic N) is 4. The van der Waals surface area contributed by atoms with Crippen molar-refractivity contribution < 1.29 is 9.66 Å². The van der Waals surface area contributed by atoms with Gasteiger partial charge >= 0.3 is 0 Å². The van der Waals surface area contributed by atoms with Crippen molar-refractivity contribution in [2.24, 2.45) is 0 Å². The summed E-state index contributed by atoms with van der Waals surface area (Å²) in [7, 11) is 1.64. The molecule has 0 saturated heterocycles. The first-order valence-electron chi connectivity index (χ1n) is 9.52. The van der Waals surface area contributed by atoms with Crippen LogP contribution in [0, 0.1) is 10.1 Å². The number of thioether (sulfide) groups is 1. The lowest BCUT2D eigenvalue weighted by atomic mass is 10.1. The molecule has 7 nitrogen and oxygen atoms in total. The van der Waals surface area contributed by atoms with E-state index in [0.717, 1.165) is 47.2 Å². The zero-order valence-corrected chi connectivity index (χ0v) is 17.6. The molecule has 0 radical (unpaired) electrons. The predicted molar refractivity (Wildman–Crippen MR) is 114 cm³/mol. The van der Waals surface area contributed by atoms with Gasteiger partial charge in [-0.25, -0.2) is 0 Å². The third-order valence-corrected chi connectivity index (χ3v) is 5.77. The van der Waals surface area contributed by atoms with Crippen molar-refractivity contribution in [3.63, 3.8) is 0 Å². The van der Waals surface area contributed by atoms with Crippen molar-refractivity contribution in [1.82, 2.24) is 14.8 Å². The van der Waals surface area contributed by atoms with Gasteiger partial charge in [-0.1, -0.05) is 37.2 Å². The van der Waals surface area contributed by atoms with Gasteiger partial charge in [0, 0.05) is 29.5 Å². The van der Waals surface area contributed by atoms with Gasteiger partial charge in [0.25, 0.3) is 5.69 Å². The van der Waals surface area contributed by atoms with Crippen molar-refractivity contribution in [1.29, 1.82) is 0 Å². The Labute approximate surface area is 174 Å². The number of hydrogen-bond acceptors (Lipinski definition) is 6.